The predicted molar refractivity (Wildman–Crippen MR) is 286 cm³/mol. The van der Waals surface area contributed by atoms with Crippen molar-refractivity contribution in [3.8, 4) is 50.5 Å². The average Bonchev–Trinajstić information content (AvgIpc) is 4.08. The molecule has 3 aromatic heterocycles. The quantitative estimate of drug-likeness (QED) is 0.173. The Hall–Kier alpha value is -9.32. The first kappa shape index (κ1) is 38.8. The van der Waals surface area contributed by atoms with Gasteiger partial charge >= 0.3 is 0 Å². The first-order valence-corrected chi connectivity index (χ1v) is 23.9. The van der Waals surface area contributed by atoms with Crippen molar-refractivity contribution in [3.63, 3.8) is 0 Å². The highest BCUT2D eigenvalue weighted by atomic mass is 16.3. The number of nitrogens with zero attached hydrogens (tertiary/aromatic N) is 4. The molecule has 15 rings (SSSR count). The van der Waals surface area contributed by atoms with E-state index >= 15 is 0 Å². The highest BCUT2D eigenvalue weighted by molar-refractivity contribution is 6.16. The van der Waals surface area contributed by atoms with Crippen LogP contribution < -0.4 is 4.90 Å². The second-order valence-electron chi connectivity index (χ2n) is 18.4. The summed E-state index contributed by atoms with van der Waals surface area (Å²) < 4.78 is 8.98. The summed E-state index contributed by atoms with van der Waals surface area (Å²) in [6.07, 6.45) is 0. The molecule has 1 aliphatic heterocycles. The molecule has 1 unspecified atom stereocenters. The molecule has 5 heteroatoms. The SMILES string of the molecule is c1ccc(-c2cc(-c3ccccc3)nc(N3c4ccccc4C4(c5ccccc5-c5c4ccc4oc6ccccc6c54)c4ccc(-c5ccc6c(c5)c5ccccc5n6-c5ccccc5)cc43)n2)cc1. The first-order valence-electron chi connectivity index (χ1n) is 23.9. The van der Waals surface area contributed by atoms with Gasteiger partial charge < -0.3 is 8.98 Å². The molecule has 0 saturated carbocycles. The third-order valence-corrected chi connectivity index (χ3v) is 14.8. The molecule has 0 radical (unpaired) electrons. The maximum Gasteiger partial charge on any atom is 0.235 e. The van der Waals surface area contributed by atoms with Crippen molar-refractivity contribution in [2.24, 2.45) is 0 Å². The number of furan rings is 1. The van der Waals surface area contributed by atoms with Gasteiger partial charge in [0.25, 0.3) is 0 Å². The van der Waals surface area contributed by atoms with Crippen molar-refractivity contribution < 1.29 is 4.42 Å². The molecule has 0 bridgehead atoms. The van der Waals surface area contributed by atoms with Crippen LogP contribution in [0.4, 0.5) is 17.3 Å². The van der Waals surface area contributed by atoms with Crippen LogP contribution in [0, 0.1) is 0 Å². The van der Waals surface area contributed by atoms with Gasteiger partial charge in [0.2, 0.25) is 5.95 Å². The van der Waals surface area contributed by atoms with E-state index in [0.29, 0.717) is 5.95 Å². The molecule has 0 N–H and O–H groups in total. The summed E-state index contributed by atoms with van der Waals surface area (Å²) in [5, 5.41) is 4.68. The lowest BCUT2D eigenvalue weighted by atomic mass is 9.64. The van der Waals surface area contributed by atoms with Crippen molar-refractivity contribution in [3.05, 3.63) is 265 Å². The van der Waals surface area contributed by atoms with Gasteiger partial charge in [-0.1, -0.05) is 182 Å². The van der Waals surface area contributed by atoms with Gasteiger partial charge in [-0.05, 0) is 105 Å². The number of hydrogen-bond donors (Lipinski definition) is 0. The van der Waals surface area contributed by atoms with Gasteiger partial charge in [-0.25, -0.2) is 9.97 Å². The van der Waals surface area contributed by atoms with Gasteiger partial charge in [0.05, 0.1) is 39.2 Å². The lowest BCUT2D eigenvalue weighted by Crippen LogP contribution is -2.36. The molecule has 326 valence electrons. The fourth-order valence-electron chi connectivity index (χ4n) is 11.9. The van der Waals surface area contributed by atoms with Crippen LogP contribution in [0.1, 0.15) is 22.3 Å². The van der Waals surface area contributed by atoms with E-state index in [-0.39, 0.29) is 0 Å². The van der Waals surface area contributed by atoms with E-state index in [1.807, 2.05) is 0 Å². The number of hydrogen-bond acceptors (Lipinski definition) is 4. The Morgan fingerprint density at radius 2 is 0.957 bits per heavy atom. The largest absolute Gasteiger partial charge is 0.456 e. The zero-order valence-corrected chi connectivity index (χ0v) is 37.8. The fraction of sp³-hybridized carbons (Fsp3) is 0.0154. The van der Waals surface area contributed by atoms with Crippen LogP contribution in [0.15, 0.2) is 247 Å². The lowest BCUT2D eigenvalue weighted by molar-refractivity contribution is 0.668. The third kappa shape index (κ3) is 5.43. The Bertz CT molecular complexity index is 4190. The van der Waals surface area contributed by atoms with Gasteiger partial charge in [0.15, 0.2) is 0 Å². The molecule has 0 amide bonds. The van der Waals surface area contributed by atoms with Crippen LogP contribution in [0.2, 0.25) is 0 Å². The smallest absolute Gasteiger partial charge is 0.235 e. The Morgan fingerprint density at radius 3 is 1.74 bits per heavy atom. The number of rotatable bonds is 5. The van der Waals surface area contributed by atoms with E-state index in [0.717, 1.165) is 78.2 Å². The Labute approximate surface area is 403 Å². The van der Waals surface area contributed by atoms with Crippen LogP contribution in [0.25, 0.3) is 94.2 Å². The lowest BCUT2D eigenvalue weighted by Gasteiger charge is -2.44. The molecule has 0 fully saturated rings. The zero-order chi connectivity index (χ0) is 45.9. The molecule has 13 aromatic rings. The summed E-state index contributed by atoms with van der Waals surface area (Å²) in [6, 6.07) is 87.3. The number of fused-ring (bicyclic) bond motifs is 16. The zero-order valence-electron chi connectivity index (χ0n) is 37.8. The summed E-state index contributed by atoms with van der Waals surface area (Å²) in [7, 11) is 0. The summed E-state index contributed by atoms with van der Waals surface area (Å²) in [5.74, 6) is 0.602. The van der Waals surface area contributed by atoms with Crippen LogP contribution in [0.3, 0.4) is 0 Å². The second kappa shape index (κ2) is 14.8. The molecule has 0 saturated heterocycles. The molecule has 10 aromatic carbocycles. The van der Waals surface area contributed by atoms with Crippen molar-refractivity contribution >= 4 is 61.1 Å². The van der Waals surface area contributed by atoms with Crippen LogP contribution in [-0.2, 0) is 5.41 Å². The minimum absolute atomic E-state index is 0.602. The maximum absolute atomic E-state index is 6.60. The van der Waals surface area contributed by atoms with Crippen LogP contribution >= 0.6 is 0 Å². The minimum Gasteiger partial charge on any atom is -0.456 e. The van der Waals surface area contributed by atoms with Crippen LogP contribution in [-0.4, -0.2) is 14.5 Å². The van der Waals surface area contributed by atoms with Crippen molar-refractivity contribution in [1.29, 1.82) is 0 Å². The molecular weight excluding hydrogens is 853 g/mol. The van der Waals surface area contributed by atoms with Crippen molar-refractivity contribution in [1.82, 2.24) is 14.5 Å². The molecule has 1 atom stereocenters. The Kier molecular flexibility index (Phi) is 8.21. The fourth-order valence-corrected chi connectivity index (χ4v) is 11.9. The normalized spacial score (nSPS) is 14.6. The Balaban J connectivity index is 1.04. The molecule has 1 aliphatic carbocycles. The number of anilines is 3. The molecule has 1 spiro atoms. The molecule has 4 heterocycles. The highest BCUT2D eigenvalue weighted by Gasteiger charge is 2.53. The van der Waals surface area contributed by atoms with E-state index in [1.165, 1.54) is 49.6 Å². The predicted octanol–water partition coefficient (Wildman–Crippen LogP) is 16.6. The minimum atomic E-state index is -0.703. The second-order valence-corrected chi connectivity index (χ2v) is 18.4. The van der Waals surface area contributed by atoms with Crippen LogP contribution in [0.5, 0.6) is 0 Å². The average molecular weight is 893 g/mol. The van der Waals surface area contributed by atoms with E-state index in [9.17, 15) is 0 Å². The van der Waals surface area contributed by atoms with Gasteiger partial charge in [-0.2, -0.15) is 0 Å². The van der Waals surface area contributed by atoms with E-state index < -0.39 is 5.41 Å². The van der Waals surface area contributed by atoms with Gasteiger partial charge in [0.1, 0.15) is 11.2 Å². The maximum atomic E-state index is 6.60. The standard InChI is InChI=1S/C65H40N4O/c1-4-18-41(19-5-1)54-40-55(42-20-6-2-7-21-42)67-64(66-54)69-58-30-16-14-28-51(58)65(50-27-13-10-25-47(50)62-53(65)35-37-61-63(62)48-26-12-17-31-60(48)70-61)52-34-32-44(39-59(52)69)43-33-36-57-49(38-43)46-24-11-15-29-56(46)68(57)45-22-8-3-9-23-45/h1-40H. The van der Waals surface area contributed by atoms with E-state index in [2.05, 4.69) is 252 Å². The molecule has 70 heavy (non-hydrogen) atoms. The highest BCUT2D eigenvalue weighted by Crippen LogP contribution is 2.65. The summed E-state index contributed by atoms with van der Waals surface area (Å²) >= 11 is 0. The topological polar surface area (TPSA) is 47.1 Å². The summed E-state index contributed by atoms with van der Waals surface area (Å²) in [4.78, 5) is 13.4. The van der Waals surface area contributed by atoms with Crippen molar-refractivity contribution in [2.45, 2.75) is 5.41 Å². The summed E-state index contributed by atoms with van der Waals surface area (Å²) in [6.45, 7) is 0. The number of benzene rings is 10. The molecular formula is C65H40N4O. The summed E-state index contributed by atoms with van der Waals surface area (Å²) in [5.41, 5.74) is 19.8. The monoisotopic (exact) mass is 892 g/mol. The first-order chi connectivity index (χ1) is 34.7. The van der Waals surface area contributed by atoms with E-state index in [4.69, 9.17) is 14.4 Å². The third-order valence-electron chi connectivity index (χ3n) is 14.8. The van der Waals surface area contributed by atoms with Gasteiger partial charge in [-0.15, -0.1) is 0 Å². The van der Waals surface area contributed by atoms with E-state index in [1.54, 1.807) is 0 Å². The van der Waals surface area contributed by atoms with Gasteiger partial charge in [-0.3, -0.25) is 4.90 Å². The van der Waals surface area contributed by atoms with Gasteiger partial charge in [0, 0.05) is 38.4 Å². The number of para-hydroxylation sites is 4. The number of aromatic nitrogens is 3. The Morgan fingerprint density at radius 1 is 0.371 bits per heavy atom. The molecule has 5 nitrogen and oxygen atoms in total. The molecule has 2 aliphatic rings. The van der Waals surface area contributed by atoms with Crippen molar-refractivity contribution in [2.75, 3.05) is 4.90 Å².